The van der Waals surface area contributed by atoms with Gasteiger partial charge in [0.25, 0.3) is 0 Å². The first-order valence-corrected chi connectivity index (χ1v) is 9.87. The zero-order valence-corrected chi connectivity index (χ0v) is 15.9. The number of carbonyl (C=O) groups is 2. The molecule has 0 radical (unpaired) electrons. The molecule has 146 valence electrons. The first-order chi connectivity index (χ1) is 12.4. The van der Waals surface area contributed by atoms with E-state index in [1.54, 1.807) is 24.8 Å². The fourth-order valence-corrected chi connectivity index (χ4v) is 2.95. The van der Waals surface area contributed by atoms with Gasteiger partial charge in [0.2, 0.25) is 5.91 Å². The maximum Gasteiger partial charge on any atom is 0.328 e. The van der Waals surface area contributed by atoms with Crippen LogP contribution in [0.5, 0.6) is 11.5 Å². The third-order valence-electron chi connectivity index (χ3n) is 3.83. The van der Waals surface area contributed by atoms with Crippen molar-refractivity contribution in [3.05, 3.63) is 23.8 Å². The van der Waals surface area contributed by atoms with Gasteiger partial charge in [0, 0.05) is 19.1 Å². The van der Waals surface area contributed by atoms with Gasteiger partial charge < -0.3 is 25.4 Å². The summed E-state index contributed by atoms with van der Waals surface area (Å²) < 4.78 is 4.99. The summed E-state index contributed by atoms with van der Waals surface area (Å²) in [6.07, 6.45) is 2.65. The molecule has 0 saturated carbocycles. The largest absolute Gasteiger partial charge is 0.508 e. The number of carbonyl (C=O) groups excluding carboxylic acids is 2. The minimum atomic E-state index is -0.712. The number of esters is 1. The molecule has 4 N–H and O–H groups in total. The van der Waals surface area contributed by atoms with Crippen molar-refractivity contribution in [1.82, 2.24) is 5.32 Å². The minimum absolute atomic E-state index is 0.00594. The van der Waals surface area contributed by atoms with Crippen molar-refractivity contribution in [3.8, 4) is 11.5 Å². The quantitative estimate of drug-likeness (QED) is 0.426. The molecule has 1 rings (SSSR count). The third-order valence-corrected chi connectivity index (χ3v) is 4.47. The predicted octanol–water partition coefficient (Wildman–Crippen LogP) is 1.44. The molecule has 1 amide bonds. The maximum atomic E-state index is 12.3. The molecule has 0 spiro atoms. The van der Waals surface area contributed by atoms with Gasteiger partial charge in [0.15, 0.2) is 0 Å². The molecule has 7 nitrogen and oxygen atoms in total. The van der Waals surface area contributed by atoms with Crippen LogP contribution in [0.2, 0.25) is 0 Å². The number of hydrogen-bond acceptors (Lipinski definition) is 7. The molecule has 2 unspecified atom stereocenters. The number of phenols is 2. The average Bonchev–Trinajstić information content (AvgIpc) is 2.60. The topological polar surface area (TPSA) is 116 Å². The van der Waals surface area contributed by atoms with Gasteiger partial charge in [0.1, 0.15) is 17.5 Å². The van der Waals surface area contributed by atoms with Gasteiger partial charge in [-0.25, -0.2) is 4.79 Å². The first-order valence-electron chi connectivity index (χ1n) is 8.47. The number of aliphatic hydroxyl groups is 1. The van der Waals surface area contributed by atoms with E-state index in [9.17, 15) is 24.9 Å². The van der Waals surface area contributed by atoms with Crippen LogP contribution in [0.3, 0.4) is 0 Å². The van der Waals surface area contributed by atoms with Crippen LogP contribution >= 0.6 is 11.8 Å². The average molecular weight is 385 g/mol. The Morgan fingerprint density at radius 3 is 2.62 bits per heavy atom. The summed E-state index contributed by atoms with van der Waals surface area (Å²) in [5, 5.41) is 31.4. The van der Waals surface area contributed by atoms with Gasteiger partial charge in [-0.1, -0.05) is 6.07 Å². The molecule has 0 aliphatic heterocycles. The second-order valence-electron chi connectivity index (χ2n) is 5.92. The molecular weight excluding hydrogens is 358 g/mol. The van der Waals surface area contributed by atoms with Crippen LogP contribution in [-0.2, 0) is 20.7 Å². The summed E-state index contributed by atoms with van der Waals surface area (Å²) >= 11 is 1.57. The van der Waals surface area contributed by atoms with E-state index >= 15 is 0 Å². The molecule has 0 saturated heterocycles. The first kappa shape index (κ1) is 22.1. The van der Waals surface area contributed by atoms with Gasteiger partial charge in [-0.15, -0.1) is 0 Å². The smallest absolute Gasteiger partial charge is 0.328 e. The van der Waals surface area contributed by atoms with E-state index in [0.29, 0.717) is 17.7 Å². The molecule has 1 aromatic carbocycles. The molecular formula is C18H27NO6S. The summed E-state index contributed by atoms with van der Waals surface area (Å²) in [5.74, 6) is -0.694. The van der Waals surface area contributed by atoms with Gasteiger partial charge in [0.05, 0.1) is 6.61 Å². The third kappa shape index (κ3) is 7.53. The standard InChI is InChI=1S/C18H27NO6S/c1-3-25-18(24)15(6-7-26-2)19-17(23)9-12(11-20)8-13-4-5-14(21)10-16(13)22/h4-5,10,12,15,20-22H,3,6-9,11H2,1-2H3,(H,19,23). The molecule has 0 aromatic heterocycles. The van der Waals surface area contributed by atoms with E-state index in [1.807, 2.05) is 6.26 Å². The number of thioether (sulfide) groups is 1. The summed E-state index contributed by atoms with van der Waals surface area (Å²) in [4.78, 5) is 24.2. The molecule has 26 heavy (non-hydrogen) atoms. The Kier molecular flexibility index (Phi) is 9.90. The highest BCUT2D eigenvalue weighted by Gasteiger charge is 2.23. The predicted molar refractivity (Wildman–Crippen MR) is 100 cm³/mol. The van der Waals surface area contributed by atoms with Crippen molar-refractivity contribution in [3.63, 3.8) is 0 Å². The fourth-order valence-electron chi connectivity index (χ4n) is 2.48. The summed E-state index contributed by atoms with van der Waals surface area (Å²) in [6, 6.07) is 3.48. The van der Waals surface area contributed by atoms with E-state index in [-0.39, 0.29) is 43.5 Å². The van der Waals surface area contributed by atoms with Crippen LogP contribution in [0, 0.1) is 5.92 Å². The molecule has 0 heterocycles. The highest BCUT2D eigenvalue weighted by Crippen LogP contribution is 2.25. The Hall–Kier alpha value is -1.93. The number of benzene rings is 1. The second-order valence-corrected chi connectivity index (χ2v) is 6.91. The van der Waals surface area contributed by atoms with Crippen LogP contribution in [0.15, 0.2) is 18.2 Å². The number of hydrogen-bond donors (Lipinski definition) is 4. The van der Waals surface area contributed by atoms with Crippen molar-refractivity contribution in [2.75, 3.05) is 25.2 Å². The van der Waals surface area contributed by atoms with Crippen molar-refractivity contribution in [2.24, 2.45) is 5.92 Å². The van der Waals surface area contributed by atoms with Crippen LogP contribution in [0.4, 0.5) is 0 Å². The molecule has 0 aliphatic rings. The summed E-state index contributed by atoms with van der Waals surface area (Å²) in [5.41, 5.74) is 0.527. The Bertz CT molecular complexity index is 595. The summed E-state index contributed by atoms with van der Waals surface area (Å²) in [6.45, 7) is 1.70. The maximum absolute atomic E-state index is 12.3. The number of nitrogens with one attached hydrogen (secondary N) is 1. The lowest BCUT2D eigenvalue weighted by molar-refractivity contribution is -0.147. The number of amides is 1. The highest BCUT2D eigenvalue weighted by atomic mass is 32.2. The van der Waals surface area contributed by atoms with Crippen molar-refractivity contribution < 1.29 is 29.6 Å². The van der Waals surface area contributed by atoms with Crippen molar-refractivity contribution in [1.29, 1.82) is 0 Å². The van der Waals surface area contributed by atoms with E-state index in [0.717, 1.165) is 0 Å². The molecule has 8 heteroatoms. The van der Waals surface area contributed by atoms with Gasteiger partial charge in [-0.3, -0.25) is 4.79 Å². The number of phenolic OH excluding ortho intramolecular Hbond substituents is 2. The van der Waals surface area contributed by atoms with E-state index < -0.39 is 17.9 Å². The SMILES string of the molecule is CCOC(=O)C(CCSC)NC(=O)CC(CO)Cc1ccc(O)cc1O. The van der Waals surface area contributed by atoms with Crippen LogP contribution in [0.1, 0.15) is 25.3 Å². The van der Waals surface area contributed by atoms with Gasteiger partial charge >= 0.3 is 5.97 Å². The minimum Gasteiger partial charge on any atom is -0.508 e. The Balaban J connectivity index is 2.67. The number of aromatic hydroxyl groups is 2. The lowest BCUT2D eigenvalue weighted by atomic mass is 9.95. The van der Waals surface area contributed by atoms with E-state index in [2.05, 4.69) is 5.32 Å². The van der Waals surface area contributed by atoms with Crippen LogP contribution < -0.4 is 5.32 Å². The number of rotatable bonds is 11. The second kappa shape index (κ2) is 11.6. The fraction of sp³-hybridized carbons (Fsp3) is 0.556. The van der Waals surface area contributed by atoms with Gasteiger partial charge in [-0.2, -0.15) is 11.8 Å². The Labute approximate surface area is 157 Å². The van der Waals surface area contributed by atoms with E-state index in [1.165, 1.54) is 12.1 Å². The Morgan fingerprint density at radius 2 is 2.04 bits per heavy atom. The highest BCUT2D eigenvalue weighted by molar-refractivity contribution is 7.98. The number of ether oxygens (including phenoxy) is 1. The lowest BCUT2D eigenvalue weighted by Gasteiger charge is -2.19. The molecule has 2 atom stereocenters. The molecule has 0 fully saturated rings. The molecule has 1 aromatic rings. The molecule has 0 bridgehead atoms. The zero-order chi connectivity index (χ0) is 19.5. The van der Waals surface area contributed by atoms with Crippen LogP contribution in [0.25, 0.3) is 0 Å². The lowest BCUT2D eigenvalue weighted by Crippen LogP contribution is -2.43. The van der Waals surface area contributed by atoms with Crippen molar-refractivity contribution >= 4 is 23.6 Å². The monoisotopic (exact) mass is 385 g/mol. The van der Waals surface area contributed by atoms with E-state index in [4.69, 9.17) is 4.74 Å². The Morgan fingerprint density at radius 1 is 1.31 bits per heavy atom. The van der Waals surface area contributed by atoms with Crippen molar-refractivity contribution in [2.45, 2.75) is 32.2 Å². The normalized spacial score (nSPS) is 13.0. The zero-order valence-electron chi connectivity index (χ0n) is 15.1. The molecule has 0 aliphatic carbocycles. The van der Waals surface area contributed by atoms with Crippen LogP contribution in [-0.4, -0.2) is 58.5 Å². The number of aliphatic hydroxyl groups excluding tert-OH is 1. The summed E-state index contributed by atoms with van der Waals surface area (Å²) in [7, 11) is 0. The van der Waals surface area contributed by atoms with Gasteiger partial charge in [-0.05, 0) is 49.3 Å².